The van der Waals surface area contributed by atoms with E-state index in [1.165, 1.54) is 6.08 Å². The molecule has 0 bridgehead atoms. The van der Waals surface area contributed by atoms with Gasteiger partial charge in [-0.2, -0.15) is 0 Å². The zero-order valence-corrected chi connectivity index (χ0v) is 19.6. The van der Waals surface area contributed by atoms with Crippen molar-refractivity contribution in [2.24, 2.45) is 5.92 Å². The summed E-state index contributed by atoms with van der Waals surface area (Å²) in [6.45, 7) is 9.64. The fraction of sp³-hybridized carbons (Fsp3) is 0.400. The molecule has 1 aromatic carbocycles. The molecular formula is C25H29FN6O3. The minimum atomic E-state index is -0.505. The van der Waals surface area contributed by atoms with Crippen LogP contribution in [0.2, 0.25) is 0 Å². The van der Waals surface area contributed by atoms with Crippen molar-refractivity contribution in [1.82, 2.24) is 15.6 Å². The van der Waals surface area contributed by atoms with Crippen molar-refractivity contribution in [2.45, 2.75) is 19.5 Å². The lowest BCUT2D eigenvalue weighted by Gasteiger charge is -2.29. The second-order valence-corrected chi connectivity index (χ2v) is 9.11. The van der Waals surface area contributed by atoms with Crippen LogP contribution in [0.1, 0.15) is 22.8 Å². The molecule has 9 nitrogen and oxygen atoms in total. The highest BCUT2D eigenvalue weighted by atomic mass is 19.1. The van der Waals surface area contributed by atoms with E-state index in [0.29, 0.717) is 37.7 Å². The summed E-state index contributed by atoms with van der Waals surface area (Å²) in [7, 11) is 0. The largest absolute Gasteiger partial charge is 0.378 e. The van der Waals surface area contributed by atoms with E-state index in [1.54, 1.807) is 0 Å². The lowest BCUT2D eigenvalue weighted by molar-refractivity contribution is -0.117. The van der Waals surface area contributed by atoms with Crippen molar-refractivity contribution in [1.29, 1.82) is 0 Å². The van der Waals surface area contributed by atoms with Crippen LogP contribution in [0.4, 0.5) is 27.4 Å². The summed E-state index contributed by atoms with van der Waals surface area (Å²) < 4.78 is 20.9. The zero-order chi connectivity index (χ0) is 24.5. The predicted molar refractivity (Wildman–Crippen MR) is 132 cm³/mol. The lowest BCUT2D eigenvalue weighted by Crippen LogP contribution is -2.39. The molecule has 2 fully saturated rings. The molecule has 2 amide bonds. The number of amides is 2. The van der Waals surface area contributed by atoms with Crippen LogP contribution in [0.5, 0.6) is 0 Å². The number of morpholine rings is 1. The van der Waals surface area contributed by atoms with Gasteiger partial charge in [-0.25, -0.2) is 9.37 Å². The number of carbonyl (C=O) groups excluding carboxylic acids is 2. The Hall–Kier alpha value is -3.66. The molecular weight excluding hydrogens is 451 g/mol. The third-order valence-electron chi connectivity index (χ3n) is 6.80. The SMILES string of the molecule is C=CC(=O)NC1CN(c2nc(Nc3ccc(N4CCOCC4)cc3)c3c(c2F)CNC3=O)CC1C. The number of ether oxygens (including phenoxy) is 1. The maximum Gasteiger partial charge on any atom is 0.255 e. The molecule has 2 unspecified atom stereocenters. The monoisotopic (exact) mass is 480 g/mol. The summed E-state index contributed by atoms with van der Waals surface area (Å²) in [5.74, 6) is -0.529. The zero-order valence-electron chi connectivity index (χ0n) is 19.6. The first-order valence-electron chi connectivity index (χ1n) is 11.8. The van der Waals surface area contributed by atoms with E-state index in [1.807, 2.05) is 36.1 Å². The Bertz CT molecular complexity index is 1150. The van der Waals surface area contributed by atoms with Gasteiger partial charge in [0.2, 0.25) is 5.91 Å². The molecule has 10 heteroatoms. The number of halogens is 1. The summed E-state index contributed by atoms with van der Waals surface area (Å²) in [5, 5.41) is 8.84. The number of hydrogen-bond acceptors (Lipinski definition) is 7. The van der Waals surface area contributed by atoms with Crippen molar-refractivity contribution in [3.63, 3.8) is 0 Å². The first kappa shape index (κ1) is 23.1. The van der Waals surface area contributed by atoms with Gasteiger partial charge in [0.05, 0.1) is 24.8 Å². The van der Waals surface area contributed by atoms with Crippen molar-refractivity contribution in [3.05, 3.63) is 53.9 Å². The molecule has 0 aliphatic carbocycles. The third-order valence-corrected chi connectivity index (χ3v) is 6.80. The van der Waals surface area contributed by atoms with Gasteiger partial charge in [0.15, 0.2) is 11.6 Å². The summed E-state index contributed by atoms with van der Waals surface area (Å²) in [4.78, 5) is 33.0. The number of carbonyl (C=O) groups is 2. The van der Waals surface area contributed by atoms with Crippen molar-refractivity contribution >= 4 is 34.8 Å². The molecule has 35 heavy (non-hydrogen) atoms. The average molecular weight is 481 g/mol. The van der Waals surface area contributed by atoms with Gasteiger partial charge in [-0.15, -0.1) is 0 Å². The highest BCUT2D eigenvalue weighted by Gasteiger charge is 2.36. The fourth-order valence-corrected chi connectivity index (χ4v) is 4.85. The number of hydrogen-bond donors (Lipinski definition) is 3. The lowest BCUT2D eigenvalue weighted by atomic mass is 10.1. The second kappa shape index (κ2) is 9.53. The Morgan fingerprint density at radius 2 is 1.97 bits per heavy atom. The number of aromatic nitrogens is 1. The van der Waals surface area contributed by atoms with Crippen LogP contribution in [-0.2, 0) is 16.1 Å². The number of anilines is 4. The van der Waals surface area contributed by atoms with E-state index in [4.69, 9.17) is 4.74 Å². The molecule has 0 radical (unpaired) electrons. The van der Waals surface area contributed by atoms with Crippen LogP contribution in [0, 0.1) is 11.7 Å². The Morgan fingerprint density at radius 1 is 1.23 bits per heavy atom. The summed E-state index contributed by atoms with van der Waals surface area (Å²) in [6, 6.07) is 7.71. The van der Waals surface area contributed by atoms with Crippen LogP contribution in [0.15, 0.2) is 36.9 Å². The van der Waals surface area contributed by atoms with Crippen molar-refractivity contribution < 1.29 is 18.7 Å². The number of nitrogens with one attached hydrogen (secondary N) is 3. The minimum absolute atomic E-state index is 0.0947. The predicted octanol–water partition coefficient (Wildman–Crippen LogP) is 2.17. The molecule has 2 aromatic rings. The van der Waals surface area contributed by atoms with Gasteiger partial charge in [-0.1, -0.05) is 13.5 Å². The summed E-state index contributed by atoms with van der Waals surface area (Å²) in [6.07, 6.45) is 1.23. The van der Waals surface area contributed by atoms with Gasteiger partial charge in [-0.05, 0) is 36.3 Å². The Kier molecular flexibility index (Phi) is 6.29. The van der Waals surface area contributed by atoms with E-state index in [2.05, 4.69) is 32.4 Å². The molecule has 184 valence electrons. The van der Waals surface area contributed by atoms with Crippen LogP contribution in [-0.4, -0.2) is 62.2 Å². The maximum absolute atomic E-state index is 15.5. The molecule has 2 saturated heterocycles. The molecule has 3 aliphatic heterocycles. The quantitative estimate of drug-likeness (QED) is 0.545. The Labute approximate surface area is 203 Å². The molecule has 2 atom stereocenters. The molecule has 0 spiro atoms. The molecule has 4 heterocycles. The topological polar surface area (TPSA) is 98.8 Å². The smallest absolute Gasteiger partial charge is 0.255 e. The fourth-order valence-electron chi connectivity index (χ4n) is 4.85. The minimum Gasteiger partial charge on any atom is -0.378 e. The van der Waals surface area contributed by atoms with Crippen LogP contribution in [0.25, 0.3) is 0 Å². The van der Waals surface area contributed by atoms with Gasteiger partial charge < -0.3 is 30.5 Å². The average Bonchev–Trinajstić information content (AvgIpc) is 3.44. The first-order chi connectivity index (χ1) is 16.9. The van der Waals surface area contributed by atoms with Crippen molar-refractivity contribution in [2.75, 3.05) is 54.5 Å². The highest BCUT2D eigenvalue weighted by Crippen LogP contribution is 2.35. The van der Waals surface area contributed by atoms with Gasteiger partial charge >= 0.3 is 0 Å². The number of fused-ring (bicyclic) bond motifs is 1. The van der Waals surface area contributed by atoms with E-state index in [9.17, 15) is 9.59 Å². The number of benzene rings is 1. The van der Waals surface area contributed by atoms with Gasteiger partial charge in [0.25, 0.3) is 5.91 Å². The first-order valence-corrected chi connectivity index (χ1v) is 11.8. The highest BCUT2D eigenvalue weighted by molar-refractivity contribution is 6.03. The van der Waals surface area contributed by atoms with Crippen LogP contribution < -0.4 is 25.8 Å². The standard InChI is InChI=1S/C25H29FN6O3/c1-3-20(33)29-19-14-32(13-15(19)2)24-22(26)18-12-27-25(34)21(18)23(30-24)28-16-4-6-17(7-5-16)31-8-10-35-11-9-31/h3-7,15,19H,1,8-14H2,2H3,(H,27,34)(H,28,30)(H,29,33). The normalized spacial score (nSPS) is 21.5. The number of nitrogens with zero attached hydrogens (tertiary/aromatic N) is 3. The number of pyridine rings is 1. The molecule has 3 N–H and O–H groups in total. The van der Waals surface area contributed by atoms with Gasteiger partial charge in [0, 0.05) is 49.7 Å². The van der Waals surface area contributed by atoms with E-state index < -0.39 is 5.82 Å². The third kappa shape index (κ3) is 4.53. The Morgan fingerprint density at radius 3 is 2.69 bits per heavy atom. The number of rotatable bonds is 6. The van der Waals surface area contributed by atoms with Gasteiger partial charge in [0.1, 0.15) is 5.82 Å². The molecule has 0 saturated carbocycles. The van der Waals surface area contributed by atoms with Crippen molar-refractivity contribution in [3.8, 4) is 0 Å². The summed E-state index contributed by atoms with van der Waals surface area (Å²) in [5.41, 5.74) is 2.37. The van der Waals surface area contributed by atoms with Crippen LogP contribution >= 0.6 is 0 Å². The maximum atomic E-state index is 15.5. The molecule has 5 rings (SSSR count). The molecule has 3 aliphatic rings. The van der Waals surface area contributed by atoms with E-state index >= 15 is 4.39 Å². The molecule has 1 aromatic heterocycles. The second-order valence-electron chi connectivity index (χ2n) is 9.11. The summed E-state index contributed by atoms with van der Waals surface area (Å²) >= 11 is 0. The van der Waals surface area contributed by atoms with E-state index in [-0.39, 0.29) is 41.7 Å². The Balaban J connectivity index is 1.42. The van der Waals surface area contributed by atoms with Crippen LogP contribution in [0.3, 0.4) is 0 Å². The van der Waals surface area contributed by atoms with E-state index in [0.717, 1.165) is 24.5 Å². The van der Waals surface area contributed by atoms with Gasteiger partial charge in [-0.3, -0.25) is 9.59 Å².